The Morgan fingerprint density at radius 1 is 1.35 bits per heavy atom. The van der Waals surface area contributed by atoms with Gasteiger partial charge in [-0.15, -0.1) is 0 Å². The van der Waals surface area contributed by atoms with Gasteiger partial charge >= 0.3 is 0 Å². The molecule has 1 unspecified atom stereocenters. The molecule has 0 saturated carbocycles. The minimum absolute atomic E-state index is 0.0549. The number of hydrogen-bond acceptors (Lipinski definition) is 3. The fourth-order valence-electron chi connectivity index (χ4n) is 1.52. The predicted octanol–water partition coefficient (Wildman–Crippen LogP) is 2.65. The molecule has 2 N–H and O–H groups in total. The second-order valence-corrected chi connectivity index (χ2v) is 4.14. The average Bonchev–Trinajstić information content (AvgIpc) is 2.36. The van der Waals surface area contributed by atoms with Crippen molar-refractivity contribution < 1.29 is 9.47 Å². The topological polar surface area (TPSA) is 44.5 Å². The van der Waals surface area contributed by atoms with Crippen LogP contribution >= 0.6 is 11.6 Å². The van der Waals surface area contributed by atoms with E-state index in [0.29, 0.717) is 19.8 Å². The predicted molar refractivity (Wildman–Crippen MR) is 70.8 cm³/mol. The Morgan fingerprint density at radius 2 is 2.12 bits per heavy atom. The molecule has 0 heterocycles. The van der Waals surface area contributed by atoms with E-state index in [1.54, 1.807) is 0 Å². The number of aryl methyl sites for hydroxylation is 1. The zero-order valence-corrected chi connectivity index (χ0v) is 11.2. The van der Waals surface area contributed by atoms with Crippen molar-refractivity contribution in [2.24, 2.45) is 5.73 Å². The molecule has 1 rings (SSSR count). The van der Waals surface area contributed by atoms with Gasteiger partial charge in [-0.2, -0.15) is 0 Å². The molecule has 0 spiro atoms. The highest BCUT2D eigenvalue weighted by molar-refractivity contribution is 6.31. The lowest BCUT2D eigenvalue weighted by molar-refractivity contribution is 0.0337. The zero-order chi connectivity index (χ0) is 12.7. The Bertz CT molecular complexity index is 344. The van der Waals surface area contributed by atoms with E-state index in [1.165, 1.54) is 0 Å². The van der Waals surface area contributed by atoms with Crippen LogP contribution in [-0.2, 0) is 11.2 Å². The highest BCUT2D eigenvalue weighted by Gasteiger charge is 2.07. The van der Waals surface area contributed by atoms with Gasteiger partial charge in [0, 0.05) is 18.2 Å². The third-order valence-corrected chi connectivity index (χ3v) is 2.87. The summed E-state index contributed by atoms with van der Waals surface area (Å²) in [6.07, 6.45) is 0.836. The van der Waals surface area contributed by atoms with Gasteiger partial charge in [-0.3, -0.25) is 0 Å². The zero-order valence-electron chi connectivity index (χ0n) is 10.4. The molecule has 1 atom stereocenters. The molecule has 0 radical (unpaired) electrons. The van der Waals surface area contributed by atoms with Gasteiger partial charge < -0.3 is 15.2 Å². The monoisotopic (exact) mass is 257 g/mol. The lowest BCUT2D eigenvalue weighted by atomic mass is 10.1. The third-order valence-electron chi connectivity index (χ3n) is 2.50. The van der Waals surface area contributed by atoms with Crippen molar-refractivity contribution >= 4 is 11.6 Å². The van der Waals surface area contributed by atoms with Crippen LogP contribution in [0.4, 0.5) is 0 Å². The second-order valence-electron chi connectivity index (χ2n) is 3.73. The summed E-state index contributed by atoms with van der Waals surface area (Å²) in [5.41, 5.74) is 6.66. The number of rotatable bonds is 7. The number of hydrogen-bond donors (Lipinski definition) is 1. The molecular formula is C13H20ClNO2. The van der Waals surface area contributed by atoms with E-state index in [1.807, 2.05) is 25.1 Å². The van der Waals surface area contributed by atoms with E-state index in [0.717, 1.165) is 22.8 Å². The highest BCUT2D eigenvalue weighted by Crippen LogP contribution is 2.22. The molecule has 0 aliphatic rings. The molecule has 0 bridgehead atoms. The van der Waals surface area contributed by atoms with Gasteiger partial charge in [-0.1, -0.05) is 18.5 Å². The minimum atomic E-state index is -0.0549. The van der Waals surface area contributed by atoms with Crippen LogP contribution in [0.15, 0.2) is 18.2 Å². The lowest BCUT2D eigenvalue weighted by Crippen LogP contribution is -2.30. The maximum absolute atomic E-state index is 6.04. The first kappa shape index (κ1) is 14.3. The van der Waals surface area contributed by atoms with Crippen molar-refractivity contribution in [2.75, 3.05) is 19.8 Å². The summed E-state index contributed by atoms with van der Waals surface area (Å²) in [5, 5.41) is 0.778. The molecule has 96 valence electrons. The summed E-state index contributed by atoms with van der Waals surface area (Å²) in [5.74, 6) is 0.810. The van der Waals surface area contributed by atoms with Gasteiger partial charge in [0.2, 0.25) is 0 Å². The van der Waals surface area contributed by atoms with Gasteiger partial charge in [0.25, 0.3) is 0 Å². The maximum atomic E-state index is 6.04. The Morgan fingerprint density at radius 3 is 2.71 bits per heavy atom. The molecule has 4 heteroatoms. The van der Waals surface area contributed by atoms with Crippen LogP contribution < -0.4 is 10.5 Å². The van der Waals surface area contributed by atoms with E-state index in [4.69, 9.17) is 26.8 Å². The minimum Gasteiger partial charge on any atom is -0.491 e. The number of ether oxygens (including phenoxy) is 2. The molecule has 17 heavy (non-hydrogen) atoms. The lowest BCUT2D eigenvalue weighted by Gasteiger charge is -2.16. The molecule has 3 nitrogen and oxygen atoms in total. The van der Waals surface area contributed by atoms with Gasteiger partial charge in [-0.05, 0) is 37.1 Å². The van der Waals surface area contributed by atoms with Crippen molar-refractivity contribution in [2.45, 2.75) is 26.4 Å². The Balaban J connectivity index is 2.56. The number of halogens is 1. The maximum Gasteiger partial charge on any atom is 0.119 e. The van der Waals surface area contributed by atoms with Crippen molar-refractivity contribution in [1.29, 1.82) is 0 Å². The first-order valence-electron chi connectivity index (χ1n) is 5.94. The smallest absolute Gasteiger partial charge is 0.119 e. The van der Waals surface area contributed by atoms with Crippen molar-refractivity contribution in [3.8, 4) is 5.75 Å². The Hall–Kier alpha value is -0.770. The van der Waals surface area contributed by atoms with E-state index in [9.17, 15) is 0 Å². The summed E-state index contributed by atoms with van der Waals surface area (Å²) in [4.78, 5) is 0. The molecule has 0 aliphatic heterocycles. The van der Waals surface area contributed by atoms with E-state index in [-0.39, 0.29) is 6.10 Å². The standard InChI is InChI=1S/C13H20ClNO2/c1-3-10-7-11(5-6-13(10)14)17-9-12(8-15)16-4-2/h5-7,12H,3-4,8-9,15H2,1-2H3. The summed E-state index contributed by atoms with van der Waals surface area (Å²) >= 11 is 6.04. The summed E-state index contributed by atoms with van der Waals surface area (Å²) < 4.78 is 11.1. The van der Waals surface area contributed by atoms with Crippen LogP contribution in [0.5, 0.6) is 5.75 Å². The average molecular weight is 258 g/mol. The molecular weight excluding hydrogens is 238 g/mol. The fraction of sp³-hybridized carbons (Fsp3) is 0.538. The fourth-order valence-corrected chi connectivity index (χ4v) is 1.77. The second kappa shape index (κ2) is 7.54. The van der Waals surface area contributed by atoms with Crippen LogP contribution in [0.25, 0.3) is 0 Å². The van der Waals surface area contributed by atoms with Gasteiger partial charge in [-0.25, -0.2) is 0 Å². The summed E-state index contributed by atoms with van der Waals surface area (Å²) in [6, 6.07) is 5.68. The SMILES string of the molecule is CCOC(CN)COc1ccc(Cl)c(CC)c1. The van der Waals surface area contributed by atoms with E-state index in [2.05, 4.69) is 6.92 Å². The summed E-state index contributed by atoms with van der Waals surface area (Å²) in [6.45, 7) is 5.58. The molecule has 1 aromatic rings. The van der Waals surface area contributed by atoms with Crippen LogP contribution in [0.2, 0.25) is 5.02 Å². The molecule has 0 aliphatic carbocycles. The molecule has 0 amide bonds. The molecule has 0 aromatic heterocycles. The Kier molecular flexibility index (Phi) is 6.34. The van der Waals surface area contributed by atoms with Crippen molar-refractivity contribution in [1.82, 2.24) is 0 Å². The van der Waals surface area contributed by atoms with Gasteiger partial charge in [0.15, 0.2) is 0 Å². The first-order chi connectivity index (χ1) is 8.21. The highest BCUT2D eigenvalue weighted by atomic mass is 35.5. The number of benzene rings is 1. The van der Waals surface area contributed by atoms with E-state index >= 15 is 0 Å². The normalized spacial score (nSPS) is 12.5. The van der Waals surface area contributed by atoms with Gasteiger partial charge in [0.1, 0.15) is 18.5 Å². The van der Waals surface area contributed by atoms with Crippen molar-refractivity contribution in [3.63, 3.8) is 0 Å². The Labute approximate surface area is 108 Å². The summed E-state index contributed by atoms with van der Waals surface area (Å²) in [7, 11) is 0. The van der Waals surface area contributed by atoms with Crippen LogP contribution in [-0.4, -0.2) is 25.9 Å². The molecule has 0 saturated heterocycles. The van der Waals surface area contributed by atoms with Crippen molar-refractivity contribution in [3.05, 3.63) is 28.8 Å². The van der Waals surface area contributed by atoms with E-state index < -0.39 is 0 Å². The number of nitrogens with two attached hydrogens (primary N) is 1. The first-order valence-corrected chi connectivity index (χ1v) is 6.31. The largest absolute Gasteiger partial charge is 0.491 e. The van der Waals surface area contributed by atoms with Crippen LogP contribution in [0, 0.1) is 0 Å². The molecule has 1 aromatic carbocycles. The molecule has 0 fully saturated rings. The van der Waals surface area contributed by atoms with Gasteiger partial charge in [0.05, 0.1) is 0 Å². The van der Waals surface area contributed by atoms with Crippen LogP contribution in [0.1, 0.15) is 19.4 Å². The third kappa shape index (κ3) is 4.54. The quantitative estimate of drug-likeness (QED) is 0.817. The van der Waals surface area contributed by atoms with Crippen LogP contribution in [0.3, 0.4) is 0 Å².